The molecule has 1 unspecified atom stereocenters. The van der Waals surface area contributed by atoms with E-state index in [1.54, 1.807) is 0 Å². The summed E-state index contributed by atoms with van der Waals surface area (Å²) in [5, 5.41) is 0.803. The molecular formula is C14H22ClNS. The number of unbranched alkanes of at least 4 members (excludes halogenated alkanes) is 2. The van der Waals surface area contributed by atoms with Crippen molar-refractivity contribution in [1.82, 2.24) is 4.90 Å². The van der Waals surface area contributed by atoms with Gasteiger partial charge in [-0.3, -0.25) is 4.90 Å². The van der Waals surface area contributed by atoms with Gasteiger partial charge in [-0.15, -0.1) is 0 Å². The topological polar surface area (TPSA) is 3.24 Å². The van der Waals surface area contributed by atoms with E-state index in [2.05, 4.69) is 43.6 Å². The fourth-order valence-corrected chi connectivity index (χ4v) is 2.19. The van der Waals surface area contributed by atoms with Gasteiger partial charge in [-0.1, -0.05) is 30.2 Å². The van der Waals surface area contributed by atoms with Crippen LogP contribution >= 0.6 is 24.2 Å². The van der Waals surface area contributed by atoms with Gasteiger partial charge < -0.3 is 0 Å². The molecule has 0 N–H and O–H groups in total. The zero-order chi connectivity index (χ0) is 12.7. The summed E-state index contributed by atoms with van der Waals surface area (Å²) < 4.78 is 0. The number of nitrogens with zero attached hydrogens (tertiary/aromatic N) is 1. The molecule has 17 heavy (non-hydrogen) atoms. The second kappa shape index (κ2) is 8.02. The molecule has 0 fully saturated rings. The zero-order valence-electron chi connectivity index (χ0n) is 10.7. The zero-order valence-corrected chi connectivity index (χ0v) is 12.3. The Morgan fingerprint density at radius 2 is 1.82 bits per heavy atom. The van der Waals surface area contributed by atoms with Gasteiger partial charge in [0, 0.05) is 11.1 Å². The van der Waals surface area contributed by atoms with Crippen molar-refractivity contribution in [2.24, 2.45) is 0 Å². The van der Waals surface area contributed by atoms with Crippen LogP contribution in [0.5, 0.6) is 0 Å². The highest BCUT2D eigenvalue weighted by Crippen LogP contribution is 2.21. The lowest BCUT2D eigenvalue weighted by atomic mass is 10.1. The summed E-state index contributed by atoms with van der Waals surface area (Å²) in [4.78, 5) is 2.39. The Morgan fingerprint density at radius 3 is 2.41 bits per heavy atom. The quantitative estimate of drug-likeness (QED) is 0.567. The maximum Gasteiger partial charge on any atom is 0.0406 e. The lowest BCUT2D eigenvalue weighted by Gasteiger charge is -2.25. The van der Waals surface area contributed by atoms with E-state index in [0.717, 1.165) is 17.3 Å². The molecule has 1 aromatic carbocycles. The minimum Gasteiger partial charge on any atom is -0.300 e. The first-order chi connectivity index (χ1) is 8.15. The average Bonchev–Trinajstić information content (AvgIpc) is 2.34. The van der Waals surface area contributed by atoms with Gasteiger partial charge in [-0.2, -0.15) is 12.6 Å². The highest BCUT2D eigenvalue weighted by molar-refractivity contribution is 7.80. The average molecular weight is 272 g/mol. The van der Waals surface area contributed by atoms with Crippen molar-refractivity contribution in [2.45, 2.75) is 32.2 Å². The smallest absolute Gasteiger partial charge is 0.0406 e. The fourth-order valence-electron chi connectivity index (χ4n) is 1.84. The molecule has 0 heterocycles. The van der Waals surface area contributed by atoms with Gasteiger partial charge in [0.05, 0.1) is 0 Å². The third-order valence-corrected chi connectivity index (χ3v) is 3.75. The maximum absolute atomic E-state index is 5.89. The van der Waals surface area contributed by atoms with Gasteiger partial charge in [0.1, 0.15) is 0 Å². The van der Waals surface area contributed by atoms with Crippen LogP contribution < -0.4 is 0 Å². The van der Waals surface area contributed by atoms with Crippen LogP contribution in [-0.4, -0.2) is 24.2 Å². The summed E-state index contributed by atoms with van der Waals surface area (Å²) in [5.74, 6) is 0.996. The number of halogens is 1. The first-order valence-electron chi connectivity index (χ1n) is 6.21. The molecule has 0 spiro atoms. The van der Waals surface area contributed by atoms with E-state index in [1.807, 2.05) is 12.1 Å². The largest absolute Gasteiger partial charge is 0.300 e. The van der Waals surface area contributed by atoms with Crippen LogP contribution in [-0.2, 0) is 0 Å². The van der Waals surface area contributed by atoms with E-state index >= 15 is 0 Å². The molecule has 0 saturated heterocycles. The summed E-state index contributed by atoms with van der Waals surface area (Å²) in [6.07, 6.45) is 3.72. The number of benzene rings is 1. The molecule has 96 valence electrons. The summed E-state index contributed by atoms with van der Waals surface area (Å²) in [6, 6.07) is 8.59. The molecule has 0 aromatic heterocycles. The van der Waals surface area contributed by atoms with Gasteiger partial charge in [-0.25, -0.2) is 0 Å². The van der Waals surface area contributed by atoms with E-state index < -0.39 is 0 Å². The molecule has 1 atom stereocenters. The van der Waals surface area contributed by atoms with Crippen molar-refractivity contribution in [1.29, 1.82) is 0 Å². The molecule has 3 heteroatoms. The number of rotatable bonds is 7. The molecule has 0 aliphatic carbocycles. The molecule has 0 aliphatic heterocycles. The van der Waals surface area contributed by atoms with Crippen LogP contribution in [0.2, 0.25) is 5.02 Å². The van der Waals surface area contributed by atoms with E-state index in [9.17, 15) is 0 Å². The summed E-state index contributed by atoms with van der Waals surface area (Å²) in [7, 11) is 2.18. The van der Waals surface area contributed by atoms with Crippen LogP contribution in [0.3, 0.4) is 0 Å². The van der Waals surface area contributed by atoms with Crippen molar-refractivity contribution in [3.05, 3.63) is 34.9 Å². The Balaban J connectivity index is 2.40. The first kappa shape index (κ1) is 14.9. The lowest BCUT2D eigenvalue weighted by molar-refractivity contribution is 0.256. The molecule has 1 nitrogen and oxygen atoms in total. The van der Waals surface area contributed by atoms with Gasteiger partial charge >= 0.3 is 0 Å². The number of hydrogen-bond acceptors (Lipinski definition) is 2. The minimum absolute atomic E-state index is 0.447. The Morgan fingerprint density at radius 1 is 1.18 bits per heavy atom. The molecule has 0 bridgehead atoms. The minimum atomic E-state index is 0.447. The van der Waals surface area contributed by atoms with E-state index in [-0.39, 0.29) is 0 Å². The SMILES string of the molecule is CC(c1ccc(Cl)cc1)N(C)CCCCCS. The van der Waals surface area contributed by atoms with Crippen molar-refractivity contribution in [3.8, 4) is 0 Å². The molecule has 1 rings (SSSR count). The number of hydrogen-bond donors (Lipinski definition) is 1. The highest BCUT2D eigenvalue weighted by atomic mass is 35.5. The van der Waals surface area contributed by atoms with Gasteiger partial charge in [0.25, 0.3) is 0 Å². The second-order valence-electron chi connectivity index (χ2n) is 4.49. The number of thiol groups is 1. The molecule has 0 radical (unpaired) electrons. The normalized spacial score (nSPS) is 13.0. The Bertz CT molecular complexity index is 313. The van der Waals surface area contributed by atoms with Crippen LogP contribution in [0.15, 0.2) is 24.3 Å². The van der Waals surface area contributed by atoms with Crippen molar-refractivity contribution < 1.29 is 0 Å². The third-order valence-electron chi connectivity index (χ3n) is 3.18. The highest BCUT2D eigenvalue weighted by Gasteiger charge is 2.10. The molecule has 0 saturated carbocycles. The lowest BCUT2D eigenvalue weighted by Crippen LogP contribution is -2.23. The Kier molecular flexibility index (Phi) is 7.02. The Hall–Kier alpha value is -0.180. The predicted octanol–water partition coefficient (Wildman–Crippen LogP) is 4.43. The standard InChI is InChI=1S/C14H22ClNS/c1-12(13-6-8-14(15)9-7-13)16(2)10-4-3-5-11-17/h6-9,12,17H,3-5,10-11H2,1-2H3. The Labute approximate surface area is 116 Å². The first-order valence-corrected chi connectivity index (χ1v) is 7.22. The van der Waals surface area contributed by atoms with Crippen LogP contribution in [0, 0.1) is 0 Å². The molecule has 0 amide bonds. The van der Waals surface area contributed by atoms with Gasteiger partial charge in [0.15, 0.2) is 0 Å². The van der Waals surface area contributed by atoms with Crippen LogP contribution in [0.1, 0.15) is 37.8 Å². The molecule has 0 aliphatic rings. The summed E-state index contributed by atoms with van der Waals surface area (Å²) >= 11 is 10.1. The fraction of sp³-hybridized carbons (Fsp3) is 0.571. The van der Waals surface area contributed by atoms with Gasteiger partial charge in [-0.05, 0) is 56.8 Å². The van der Waals surface area contributed by atoms with Crippen molar-refractivity contribution in [2.75, 3.05) is 19.3 Å². The maximum atomic E-state index is 5.89. The van der Waals surface area contributed by atoms with Crippen molar-refractivity contribution >= 4 is 24.2 Å². The summed E-state index contributed by atoms with van der Waals surface area (Å²) in [5.41, 5.74) is 1.33. The van der Waals surface area contributed by atoms with E-state index in [0.29, 0.717) is 6.04 Å². The third kappa shape index (κ3) is 5.33. The van der Waals surface area contributed by atoms with Crippen LogP contribution in [0.25, 0.3) is 0 Å². The monoisotopic (exact) mass is 271 g/mol. The summed E-state index contributed by atoms with van der Waals surface area (Å²) in [6.45, 7) is 3.37. The second-order valence-corrected chi connectivity index (χ2v) is 5.38. The van der Waals surface area contributed by atoms with E-state index in [1.165, 1.54) is 24.8 Å². The van der Waals surface area contributed by atoms with Gasteiger partial charge in [0.2, 0.25) is 0 Å². The van der Waals surface area contributed by atoms with Crippen molar-refractivity contribution in [3.63, 3.8) is 0 Å². The predicted molar refractivity (Wildman–Crippen MR) is 80.2 cm³/mol. The van der Waals surface area contributed by atoms with E-state index in [4.69, 9.17) is 11.6 Å². The van der Waals surface area contributed by atoms with Crippen LogP contribution in [0.4, 0.5) is 0 Å². The molecule has 1 aromatic rings. The molecular weight excluding hydrogens is 250 g/mol.